The van der Waals surface area contributed by atoms with E-state index in [4.69, 9.17) is 5.73 Å². The summed E-state index contributed by atoms with van der Waals surface area (Å²) in [5.74, 6) is 0.217. The molecule has 18 heavy (non-hydrogen) atoms. The van der Waals surface area contributed by atoms with Gasteiger partial charge in [0, 0.05) is 25.5 Å². The van der Waals surface area contributed by atoms with Crippen LogP contribution >= 0.6 is 0 Å². The first-order valence-corrected chi connectivity index (χ1v) is 6.49. The molecule has 1 heterocycles. The van der Waals surface area contributed by atoms with Crippen molar-refractivity contribution >= 4 is 5.91 Å². The average Bonchev–Trinajstić information content (AvgIpc) is 2.39. The minimum atomic E-state index is -0.401. The Morgan fingerprint density at radius 2 is 2.00 bits per heavy atom. The molecule has 0 aromatic carbocycles. The molecule has 100 valence electrons. The number of carbonyl (C=O) groups excluding carboxylic acids is 1. The third kappa shape index (κ3) is 4.11. The van der Waals surface area contributed by atoms with E-state index in [0.717, 1.165) is 6.42 Å². The largest absolute Gasteiger partial charge is 0.341 e. The summed E-state index contributed by atoms with van der Waals surface area (Å²) in [7, 11) is 0. The van der Waals surface area contributed by atoms with Crippen molar-refractivity contribution in [2.24, 2.45) is 11.7 Å². The topological polar surface area (TPSA) is 59.2 Å². The minimum absolute atomic E-state index is 0.0431. The van der Waals surface area contributed by atoms with Crippen molar-refractivity contribution in [3.8, 4) is 0 Å². The van der Waals surface area contributed by atoms with Crippen LogP contribution in [-0.4, -0.2) is 34.9 Å². The Morgan fingerprint density at radius 3 is 2.50 bits per heavy atom. The van der Waals surface area contributed by atoms with Gasteiger partial charge in [-0.3, -0.25) is 9.78 Å². The van der Waals surface area contributed by atoms with Gasteiger partial charge in [-0.15, -0.1) is 0 Å². The van der Waals surface area contributed by atoms with E-state index < -0.39 is 6.04 Å². The molecule has 1 atom stereocenters. The molecule has 1 aromatic heterocycles. The molecule has 0 radical (unpaired) electrons. The van der Waals surface area contributed by atoms with Gasteiger partial charge in [-0.25, -0.2) is 0 Å². The Kier molecular flexibility index (Phi) is 5.78. The Morgan fingerprint density at radius 1 is 1.39 bits per heavy atom. The molecule has 0 bridgehead atoms. The van der Waals surface area contributed by atoms with Crippen molar-refractivity contribution in [3.05, 3.63) is 30.1 Å². The second-order valence-corrected chi connectivity index (χ2v) is 4.79. The van der Waals surface area contributed by atoms with Crippen LogP contribution < -0.4 is 5.73 Å². The standard InChI is InChI=1S/C14H23N3O/c1-4-17(14(18)13(15)11(2)3)10-7-12-5-8-16-9-6-12/h5-6,8-9,11,13H,4,7,10,15H2,1-3H3/t13-/m0/s1. The summed E-state index contributed by atoms with van der Waals surface area (Å²) in [6.45, 7) is 7.33. The lowest BCUT2D eigenvalue weighted by Crippen LogP contribution is -2.47. The molecule has 0 unspecified atom stereocenters. The number of nitrogens with two attached hydrogens (primary N) is 1. The van der Waals surface area contributed by atoms with Gasteiger partial charge in [-0.1, -0.05) is 13.8 Å². The number of likely N-dealkylation sites (N-methyl/N-ethyl adjacent to an activating group) is 1. The predicted octanol–water partition coefficient (Wildman–Crippen LogP) is 1.46. The fourth-order valence-electron chi connectivity index (χ4n) is 1.73. The van der Waals surface area contributed by atoms with Crippen molar-refractivity contribution in [1.29, 1.82) is 0 Å². The quantitative estimate of drug-likeness (QED) is 0.830. The monoisotopic (exact) mass is 249 g/mol. The number of aromatic nitrogens is 1. The molecule has 4 heteroatoms. The zero-order chi connectivity index (χ0) is 13.5. The van der Waals surface area contributed by atoms with Gasteiger partial charge in [0.05, 0.1) is 6.04 Å². The van der Waals surface area contributed by atoms with E-state index in [2.05, 4.69) is 4.98 Å². The average molecular weight is 249 g/mol. The van der Waals surface area contributed by atoms with Crippen molar-refractivity contribution in [3.63, 3.8) is 0 Å². The zero-order valence-electron chi connectivity index (χ0n) is 11.5. The first-order chi connectivity index (χ1) is 8.56. The van der Waals surface area contributed by atoms with Crippen LogP contribution in [0, 0.1) is 5.92 Å². The summed E-state index contributed by atoms with van der Waals surface area (Å²) in [4.78, 5) is 17.9. The summed E-state index contributed by atoms with van der Waals surface area (Å²) < 4.78 is 0. The molecule has 0 aliphatic rings. The van der Waals surface area contributed by atoms with Gasteiger partial charge < -0.3 is 10.6 Å². The van der Waals surface area contributed by atoms with E-state index in [1.165, 1.54) is 5.56 Å². The van der Waals surface area contributed by atoms with Crippen LogP contribution in [0.4, 0.5) is 0 Å². The normalized spacial score (nSPS) is 12.5. The van der Waals surface area contributed by atoms with E-state index in [0.29, 0.717) is 13.1 Å². The van der Waals surface area contributed by atoms with E-state index in [9.17, 15) is 4.79 Å². The number of pyridine rings is 1. The van der Waals surface area contributed by atoms with Crippen LogP contribution in [0.1, 0.15) is 26.3 Å². The second-order valence-electron chi connectivity index (χ2n) is 4.79. The molecule has 1 amide bonds. The van der Waals surface area contributed by atoms with E-state index in [1.54, 1.807) is 12.4 Å². The number of rotatable bonds is 6. The summed E-state index contributed by atoms with van der Waals surface area (Å²) in [6, 6.07) is 3.55. The Hall–Kier alpha value is -1.42. The summed E-state index contributed by atoms with van der Waals surface area (Å²) in [6.07, 6.45) is 4.38. The van der Waals surface area contributed by atoms with Gasteiger partial charge in [0.25, 0.3) is 0 Å². The molecule has 0 aliphatic carbocycles. The highest BCUT2D eigenvalue weighted by molar-refractivity contribution is 5.81. The molecule has 0 spiro atoms. The van der Waals surface area contributed by atoms with Crippen molar-refractivity contribution in [1.82, 2.24) is 9.88 Å². The highest BCUT2D eigenvalue weighted by Crippen LogP contribution is 2.06. The lowest BCUT2D eigenvalue weighted by atomic mass is 10.0. The molecule has 0 saturated carbocycles. The SMILES string of the molecule is CCN(CCc1ccncc1)C(=O)[C@@H](N)C(C)C. The van der Waals surface area contributed by atoms with E-state index >= 15 is 0 Å². The van der Waals surface area contributed by atoms with Gasteiger partial charge in [0.1, 0.15) is 0 Å². The maximum atomic E-state index is 12.1. The molecule has 4 nitrogen and oxygen atoms in total. The Labute approximate surface area is 109 Å². The Bertz CT molecular complexity index is 365. The molecule has 0 aliphatic heterocycles. The molecular weight excluding hydrogens is 226 g/mol. The van der Waals surface area contributed by atoms with E-state index in [1.807, 2.05) is 37.8 Å². The molecule has 0 saturated heterocycles. The first kappa shape index (κ1) is 14.6. The molecule has 0 fully saturated rings. The van der Waals surface area contributed by atoms with Crippen LogP contribution in [0.25, 0.3) is 0 Å². The second kappa shape index (κ2) is 7.11. The maximum absolute atomic E-state index is 12.1. The van der Waals surface area contributed by atoms with Crippen molar-refractivity contribution < 1.29 is 4.79 Å². The van der Waals surface area contributed by atoms with Gasteiger partial charge in [0.15, 0.2) is 0 Å². The van der Waals surface area contributed by atoms with Crippen molar-refractivity contribution in [2.75, 3.05) is 13.1 Å². The minimum Gasteiger partial charge on any atom is -0.341 e. The number of nitrogens with zero attached hydrogens (tertiary/aromatic N) is 2. The van der Waals surface area contributed by atoms with Gasteiger partial charge in [-0.05, 0) is 37.0 Å². The van der Waals surface area contributed by atoms with Crippen LogP contribution in [0.2, 0.25) is 0 Å². The summed E-state index contributed by atoms with van der Waals surface area (Å²) in [5.41, 5.74) is 7.09. The fraction of sp³-hybridized carbons (Fsp3) is 0.571. The summed E-state index contributed by atoms with van der Waals surface area (Å²) in [5, 5.41) is 0. The molecule has 1 aromatic rings. The zero-order valence-corrected chi connectivity index (χ0v) is 11.5. The highest BCUT2D eigenvalue weighted by Gasteiger charge is 2.22. The molecular formula is C14H23N3O. The molecule has 2 N–H and O–H groups in total. The maximum Gasteiger partial charge on any atom is 0.239 e. The Balaban J connectivity index is 2.54. The van der Waals surface area contributed by atoms with Crippen LogP contribution in [0.15, 0.2) is 24.5 Å². The van der Waals surface area contributed by atoms with E-state index in [-0.39, 0.29) is 11.8 Å². The van der Waals surface area contributed by atoms with Crippen LogP contribution in [-0.2, 0) is 11.2 Å². The number of carbonyl (C=O) groups is 1. The number of hydrogen-bond acceptors (Lipinski definition) is 3. The van der Waals surface area contributed by atoms with Gasteiger partial charge in [-0.2, -0.15) is 0 Å². The van der Waals surface area contributed by atoms with Gasteiger partial charge in [0.2, 0.25) is 5.91 Å². The van der Waals surface area contributed by atoms with Crippen molar-refractivity contribution in [2.45, 2.75) is 33.2 Å². The van der Waals surface area contributed by atoms with Gasteiger partial charge >= 0.3 is 0 Å². The first-order valence-electron chi connectivity index (χ1n) is 6.49. The number of amides is 1. The predicted molar refractivity (Wildman–Crippen MR) is 73.0 cm³/mol. The fourth-order valence-corrected chi connectivity index (χ4v) is 1.73. The third-order valence-corrected chi connectivity index (χ3v) is 3.12. The molecule has 1 rings (SSSR count). The van der Waals surface area contributed by atoms with Crippen LogP contribution in [0.5, 0.6) is 0 Å². The number of hydrogen-bond donors (Lipinski definition) is 1. The third-order valence-electron chi connectivity index (χ3n) is 3.12. The highest BCUT2D eigenvalue weighted by atomic mass is 16.2. The van der Waals surface area contributed by atoms with Crippen LogP contribution in [0.3, 0.4) is 0 Å². The lowest BCUT2D eigenvalue weighted by molar-refractivity contribution is -0.133. The summed E-state index contributed by atoms with van der Waals surface area (Å²) >= 11 is 0. The lowest BCUT2D eigenvalue weighted by Gasteiger charge is -2.26. The smallest absolute Gasteiger partial charge is 0.239 e.